The highest BCUT2D eigenvalue weighted by Crippen LogP contribution is 2.34. The van der Waals surface area contributed by atoms with Crippen LogP contribution in [0.15, 0.2) is 0 Å². The summed E-state index contributed by atoms with van der Waals surface area (Å²) in [6, 6.07) is 0.373. The SMILES string of the molecule is CC(C)C(N)C1SCCSC1C. The van der Waals surface area contributed by atoms with Crippen LogP contribution in [0.4, 0.5) is 0 Å². The Morgan fingerprint density at radius 2 is 1.83 bits per heavy atom. The van der Waals surface area contributed by atoms with Gasteiger partial charge in [0.1, 0.15) is 0 Å². The topological polar surface area (TPSA) is 26.0 Å². The number of rotatable bonds is 2. The molecule has 72 valence electrons. The van der Waals surface area contributed by atoms with Gasteiger partial charge in [0.2, 0.25) is 0 Å². The first-order valence-electron chi connectivity index (χ1n) is 4.61. The molecule has 2 N–H and O–H groups in total. The molecule has 0 aromatic heterocycles. The summed E-state index contributed by atoms with van der Waals surface area (Å²) >= 11 is 4.13. The zero-order chi connectivity index (χ0) is 9.14. The number of nitrogens with two attached hydrogens (primary N) is 1. The van der Waals surface area contributed by atoms with Crippen molar-refractivity contribution in [3.8, 4) is 0 Å². The lowest BCUT2D eigenvalue weighted by molar-refractivity contribution is 0.473. The van der Waals surface area contributed by atoms with Crippen molar-refractivity contribution in [1.82, 2.24) is 0 Å². The highest BCUT2D eigenvalue weighted by Gasteiger charge is 2.29. The van der Waals surface area contributed by atoms with E-state index < -0.39 is 0 Å². The Balaban J connectivity index is 2.47. The lowest BCUT2D eigenvalue weighted by Crippen LogP contribution is -2.44. The summed E-state index contributed by atoms with van der Waals surface area (Å²) in [6.07, 6.45) is 0. The first-order chi connectivity index (χ1) is 5.63. The maximum Gasteiger partial charge on any atom is 0.0317 e. The first-order valence-corrected chi connectivity index (χ1v) is 6.71. The van der Waals surface area contributed by atoms with Crippen LogP contribution in [0.1, 0.15) is 20.8 Å². The normalized spacial score (nSPS) is 33.8. The molecule has 0 saturated carbocycles. The predicted molar refractivity (Wildman–Crippen MR) is 61.0 cm³/mol. The van der Waals surface area contributed by atoms with Gasteiger partial charge in [-0.3, -0.25) is 0 Å². The first kappa shape index (κ1) is 10.7. The molecule has 0 aliphatic carbocycles. The van der Waals surface area contributed by atoms with Gasteiger partial charge in [-0.05, 0) is 5.92 Å². The molecule has 3 atom stereocenters. The zero-order valence-electron chi connectivity index (χ0n) is 8.12. The van der Waals surface area contributed by atoms with Gasteiger partial charge in [-0.1, -0.05) is 20.8 Å². The van der Waals surface area contributed by atoms with Crippen LogP contribution in [-0.4, -0.2) is 28.0 Å². The Hall–Kier alpha value is 0.660. The van der Waals surface area contributed by atoms with E-state index in [-0.39, 0.29) is 0 Å². The Morgan fingerprint density at radius 1 is 1.25 bits per heavy atom. The van der Waals surface area contributed by atoms with Crippen LogP contribution in [0.25, 0.3) is 0 Å². The molecule has 1 fully saturated rings. The average Bonchev–Trinajstić information content (AvgIpc) is 2.04. The van der Waals surface area contributed by atoms with Crippen molar-refractivity contribution >= 4 is 23.5 Å². The second-order valence-electron chi connectivity index (χ2n) is 3.73. The lowest BCUT2D eigenvalue weighted by Gasteiger charge is -2.34. The molecule has 0 bridgehead atoms. The standard InChI is InChI=1S/C9H19NS2/c1-6(2)8(10)9-7(3)11-4-5-12-9/h6-9H,4-5,10H2,1-3H3. The van der Waals surface area contributed by atoms with E-state index in [4.69, 9.17) is 5.73 Å². The second kappa shape index (κ2) is 4.77. The van der Waals surface area contributed by atoms with Gasteiger partial charge in [-0.15, -0.1) is 0 Å². The van der Waals surface area contributed by atoms with Gasteiger partial charge in [-0.25, -0.2) is 0 Å². The Morgan fingerprint density at radius 3 is 2.33 bits per heavy atom. The molecule has 12 heavy (non-hydrogen) atoms. The van der Waals surface area contributed by atoms with Crippen LogP contribution in [0.3, 0.4) is 0 Å². The molecule has 1 nitrogen and oxygen atoms in total. The van der Waals surface area contributed by atoms with Gasteiger partial charge in [0.15, 0.2) is 0 Å². The summed E-state index contributed by atoms with van der Waals surface area (Å²) in [5.41, 5.74) is 6.15. The maximum absolute atomic E-state index is 6.15. The van der Waals surface area contributed by atoms with E-state index in [9.17, 15) is 0 Å². The highest BCUT2D eigenvalue weighted by atomic mass is 32.2. The van der Waals surface area contributed by atoms with Crippen LogP contribution < -0.4 is 5.73 Å². The summed E-state index contributed by atoms with van der Waals surface area (Å²) in [5.74, 6) is 3.19. The van der Waals surface area contributed by atoms with Crippen LogP contribution in [0.5, 0.6) is 0 Å². The summed E-state index contributed by atoms with van der Waals surface area (Å²) in [5, 5.41) is 1.41. The van der Waals surface area contributed by atoms with Crippen LogP contribution >= 0.6 is 23.5 Å². The summed E-state index contributed by atoms with van der Waals surface area (Å²) in [6.45, 7) is 6.75. The molecule has 0 radical (unpaired) electrons. The monoisotopic (exact) mass is 205 g/mol. The van der Waals surface area contributed by atoms with Crippen molar-refractivity contribution in [3.05, 3.63) is 0 Å². The van der Waals surface area contributed by atoms with Crippen molar-refractivity contribution in [2.45, 2.75) is 37.3 Å². The second-order valence-corrected chi connectivity index (χ2v) is 6.50. The fourth-order valence-electron chi connectivity index (χ4n) is 1.45. The predicted octanol–water partition coefficient (Wildman–Crippen LogP) is 2.21. The van der Waals surface area contributed by atoms with Crippen LogP contribution in [0, 0.1) is 5.92 Å². The van der Waals surface area contributed by atoms with Gasteiger partial charge in [0, 0.05) is 28.0 Å². The van der Waals surface area contributed by atoms with E-state index in [1.165, 1.54) is 11.5 Å². The van der Waals surface area contributed by atoms with Gasteiger partial charge in [0.05, 0.1) is 0 Å². The summed E-state index contributed by atoms with van der Waals surface area (Å²) in [4.78, 5) is 0. The molecule has 1 rings (SSSR count). The fraction of sp³-hybridized carbons (Fsp3) is 1.00. The number of hydrogen-bond acceptors (Lipinski definition) is 3. The highest BCUT2D eigenvalue weighted by molar-refractivity contribution is 8.07. The van der Waals surface area contributed by atoms with Crippen LogP contribution in [-0.2, 0) is 0 Å². The molecule has 0 amide bonds. The minimum atomic E-state index is 0.373. The van der Waals surface area contributed by atoms with E-state index >= 15 is 0 Å². The van der Waals surface area contributed by atoms with Crippen molar-refractivity contribution in [2.75, 3.05) is 11.5 Å². The molecule has 0 aromatic rings. The Labute approximate surface area is 84.2 Å². The lowest BCUT2D eigenvalue weighted by atomic mass is 10.0. The average molecular weight is 205 g/mol. The number of thioether (sulfide) groups is 2. The molecule has 0 aromatic carbocycles. The third-order valence-corrected chi connectivity index (χ3v) is 5.62. The molecular formula is C9H19NS2. The van der Waals surface area contributed by atoms with Gasteiger partial charge in [-0.2, -0.15) is 23.5 Å². The molecule has 3 heteroatoms. The molecule has 1 aliphatic heterocycles. The van der Waals surface area contributed by atoms with Crippen molar-refractivity contribution in [1.29, 1.82) is 0 Å². The Kier molecular flexibility index (Phi) is 4.27. The van der Waals surface area contributed by atoms with Gasteiger partial charge in [0.25, 0.3) is 0 Å². The smallest absolute Gasteiger partial charge is 0.0317 e. The summed E-state index contributed by atoms with van der Waals surface area (Å²) < 4.78 is 0. The Bertz CT molecular complexity index is 138. The third kappa shape index (κ3) is 2.57. The fourth-order valence-corrected chi connectivity index (χ4v) is 4.52. The van der Waals surface area contributed by atoms with Gasteiger partial charge >= 0.3 is 0 Å². The molecular weight excluding hydrogens is 186 g/mol. The van der Waals surface area contributed by atoms with E-state index in [2.05, 4.69) is 44.3 Å². The van der Waals surface area contributed by atoms with E-state index in [0.717, 1.165) is 5.25 Å². The molecule has 0 spiro atoms. The van der Waals surface area contributed by atoms with Gasteiger partial charge < -0.3 is 5.73 Å². The van der Waals surface area contributed by atoms with E-state index in [0.29, 0.717) is 17.2 Å². The summed E-state index contributed by atoms with van der Waals surface area (Å²) in [7, 11) is 0. The van der Waals surface area contributed by atoms with E-state index in [1.54, 1.807) is 0 Å². The largest absolute Gasteiger partial charge is 0.326 e. The minimum absolute atomic E-state index is 0.373. The quantitative estimate of drug-likeness (QED) is 0.748. The van der Waals surface area contributed by atoms with Crippen LogP contribution in [0.2, 0.25) is 0 Å². The molecule has 1 aliphatic rings. The molecule has 3 unspecified atom stereocenters. The zero-order valence-corrected chi connectivity index (χ0v) is 9.75. The van der Waals surface area contributed by atoms with Crippen molar-refractivity contribution in [3.63, 3.8) is 0 Å². The van der Waals surface area contributed by atoms with E-state index in [1.807, 2.05) is 0 Å². The third-order valence-electron chi connectivity index (χ3n) is 2.39. The maximum atomic E-state index is 6.15. The van der Waals surface area contributed by atoms with Crippen molar-refractivity contribution < 1.29 is 0 Å². The number of hydrogen-bond donors (Lipinski definition) is 1. The molecule has 1 heterocycles. The van der Waals surface area contributed by atoms with Crippen molar-refractivity contribution in [2.24, 2.45) is 11.7 Å². The molecule has 1 saturated heterocycles. The minimum Gasteiger partial charge on any atom is -0.326 e.